The molecule has 0 unspecified atom stereocenters. The van der Waals surface area contributed by atoms with E-state index in [0.29, 0.717) is 4.90 Å². The van der Waals surface area contributed by atoms with Crippen molar-refractivity contribution in [2.45, 2.75) is 22.8 Å². The molecule has 0 aliphatic heterocycles. The molecule has 0 fully saturated rings. The first kappa shape index (κ1) is 15.0. The highest BCUT2D eigenvalue weighted by atomic mass is 79.9. The van der Waals surface area contributed by atoms with Crippen LogP contribution in [0.2, 0.25) is 0 Å². The van der Waals surface area contributed by atoms with Gasteiger partial charge in [0.2, 0.25) is 0 Å². The van der Waals surface area contributed by atoms with Crippen molar-refractivity contribution >= 4 is 33.4 Å². The van der Waals surface area contributed by atoms with Crippen molar-refractivity contribution < 1.29 is 10.0 Å². The van der Waals surface area contributed by atoms with Gasteiger partial charge in [0.15, 0.2) is 0 Å². The van der Waals surface area contributed by atoms with Crippen molar-refractivity contribution in [2.24, 2.45) is 0 Å². The molecule has 104 valence electrons. The van der Waals surface area contributed by atoms with Gasteiger partial charge in [0.25, 0.3) is 5.69 Å². The molecule has 2 aromatic carbocycles. The Morgan fingerprint density at radius 1 is 1.25 bits per heavy atom. The van der Waals surface area contributed by atoms with E-state index in [4.69, 9.17) is 0 Å². The number of hydrogen-bond donors (Lipinski definition) is 1. The minimum Gasteiger partial charge on any atom is -0.389 e. The number of halogens is 1. The average Bonchev–Trinajstić information content (AvgIpc) is 2.41. The van der Waals surface area contributed by atoms with Gasteiger partial charge < -0.3 is 5.11 Å². The SMILES string of the molecule is C[C@@H](O)c1ccc(Sc2ccccc2[N+](=O)[O-])c(Br)c1. The number of nitrogens with zero attached hydrogens (tertiary/aromatic N) is 1. The third-order valence-electron chi connectivity index (χ3n) is 2.72. The molecule has 0 aromatic heterocycles. The summed E-state index contributed by atoms with van der Waals surface area (Å²) < 4.78 is 0.805. The van der Waals surface area contributed by atoms with Crippen LogP contribution in [0.4, 0.5) is 5.69 Å². The second-order valence-electron chi connectivity index (χ2n) is 4.19. The van der Waals surface area contributed by atoms with Crippen LogP contribution in [-0.2, 0) is 0 Å². The lowest BCUT2D eigenvalue weighted by Gasteiger charge is -2.09. The fourth-order valence-electron chi connectivity index (χ4n) is 1.67. The van der Waals surface area contributed by atoms with Crippen LogP contribution in [0.15, 0.2) is 56.7 Å². The van der Waals surface area contributed by atoms with E-state index < -0.39 is 6.10 Å². The van der Waals surface area contributed by atoms with Crippen LogP contribution >= 0.6 is 27.7 Å². The Labute approximate surface area is 129 Å². The van der Waals surface area contributed by atoms with Gasteiger partial charge in [-0.2, -0.15) is 0 Å². The molecule has 0 saturated heterocycles. The summed E-state index contributed by atoms with van der Waals surface area (Å²) in [4.78, 5) is 12.0. The normalized spacial score (nSPS) is 12.2. The van der Waals surface area contributed by atoms with E-state index in [0.717, 1.165) is 14.9 Å². The van der Waals surface area contributed by atoms with Gasteiger partial charge in [-0.05, 0) is 46.6 Å². The van der Waals surface area contributed by atoms with E-state index in [1.165, 1.54) is 17.8 Å². The van der Waals surface area contributed by atoms with Crippen LogP contribution in [-0.4, -0.2) is 10.0 Å². The summed E-state index contributed by atoms with van der Waals surface area (Å²) in [5, 5.41) is 20.5. The summed E-state index contributed by atoms with van der Waals surface area (Å²) in [6.45, 7) is 1.69. The van der Waals surface area contributed by atoms with Crippen LogP contribution in [0, 0.1) is 10.1 Å². The highest BCUT2D eigenvalue weighted by Gasteiger charge is 2.15. The van der Waals surface area contributed by atoms with E-state index in [-0.39, 0.29) is 10.6 Å². The van der Waals surface area contributed by atoms with E-state index >= 15 is 0 Å². The molecule has 20 heavy (non-hydrogen) atoms. The van der Waals surface area contributed by atoms with Gasteiger partial charge in [0, 0.05) is 15.4 Å². The van der Waals surface area contributed by atoms with Crippen LogP contribution in [0.5, 0.6) is 0 Å². The minimum atomic E-state index is -0.545. The number of para-hydroxylation sites is 1. The van der Waals surface area contributed by atoms with Gasteiger partial charge in [-0.25, -0.2) is 0 Å². The predicted octanol–water partition coefficient (Wildman–Crippen LogP) is 4.56. The number of aliphatic hydroxyl groups excluding tert-OH is 1. The lowest BCUT2D eigenvalue weighted by molar-refractivity contribution is -0.387. The van der Waals surface area contributed by atoms with Crippen molar-refractivity contribution in [1.29, 1.82) is 0 Å². The van der Waals surface area contributed by atoms with E-state index in [1.54, 1.807) is 25.1 Å². The van der Waals surface area contributed by atoms with Crippen LogP contribution in [0.25, 0.3) is 0 Å². The maximum Gasteiger partial charge on any atom is 0.283 e. The third kappa shape index (κ3) is 3.39. The Morgan fingerprint density at radius 2 is 1.95 bits per heavy atom. The van der Waals surface area contributed by atoms with Gasteiger partial charge in [0.1, 0.15) is 0 Å². The van der Waals surface area contributed by atoms with E-state index in [2.05, 4.69) is 15.9 Å². The average molecular weight is 354 g/mol. The summed E-state index contributed by atoms with van der Waals surface area (Å²) in [6.07, 6.45) is -0.545. The molecule has 1 atom stereocenters. The summed E-state index contributed by atoms with van der Waals surface area (Å²) in [5.41, 5.74) is 0.882. The number of nitro groups is 1. The first-order chi connectivity index (χ1) is 9.49. The highest BCUT2D eigenvalue weighted by Crippen LogP contribution is 2.38. The fraction of sp³-hybridized carbons (Fsp3) is 0.143. The number of aliphatic hydroxyl groups is 1. The Balaban J connectivity index is 2.33. The quantitative estimate of drug-likeness (QED) is 0.646. The molecule has 1 N–H and O–H groups in total. The molecule has 0 saturated carbocycles. The third-order valence-corrected chi connectivity index (χ3v) is 4.78. The molecule has 0 aliphatic rings. The summed E-state index contributed by atoms with van der Waals surface area (Å²) in [7, 11) is 0. The topological polar surface area (TPSA) is 63.4 Å². The number of rotatable bonds is 4. The highest BCUT2D eigenvalue weighted by molar-refractivity contribution is 9.10. The van der Waals surface area contributed by atoms with Crippen molar-refractivity contribution in [3.05, 3.63) is 62.6 Å². The largest absolute Gasteiger partial charge is 0.389 e. The van der Waals surface area contributed by atoms with Crippen molar-refractivity contribution in [1.82, 2.24) is 0 Å². The molecule has 0 radical (unpaired) electrons. The van der Waals surface area contributed by atoms with Crippen LogP contribution in [0.3, 0.4) is 0 Å². The van der Waals surface area contributed by atoms with Crippen LogP contribution < -0.4 is 0 Å². The Hall–Kier alpha value is -1.37. The molecule has 0 spiro atoms. The minimum absolute atomic E-state index is 0.0870. The number of nitro benzene ring substituents is 1. The smallest absolute Gasteiger partial charge is 0.283 e. The maximum absolute atomic E-state index is 11.0. The first-order valence-corrected chi connectivity index (χ1v) is 7.49. The lowest BCUT2D eigenvalue weighted by atomic mass is 10.1. The maximum atomic E-state index is 11.0. The van der Waals surface area contributed by atoms with E-state index in [9.17, 15) is 15.2 Å². The molecule has 0 aliphatic carbocycles. The zero-order valence-corrected chi connectivity index (χ0v) is 13.0. The Morgan fingerprint density at radius 3 is 2.55 bits per heavy atom. The molecular weight excluding hydrogens is 342 g/mol. The molecular formula is C14H12BrNO3S. The Kier molecular flexibility index (Phi) is 4.80. The summed E-state index contributed by atoms with van der Waals surface area (Å²) in [5.74, 6) is 0. The first-order valence-electron chi connectivity index (χ1n) is 5.88. The lowest BCUT2D eigenvalue weighted by Crippen LogP contribution is -1.92. The molecule has 0 bridgehead atoms. The second kappa shape index (κ2) is 6.39. The zero-order chi connectivity index (χ0) is 14.7. The molecule has 2 aromatic rings. The number of hydrogen-bond acceptors (Lipinski definition) is 4. The van der Waals surface area contributed by atoms with Gasteiger partial charge in [0.05, 0.1) is 15.9 Å². The summed E-state index contributed by atoms with van der Waals surface area (Å²) in [6, 6.07) is 12.1. The predicted molar refractivity (Wildman–Crippen MR) is 82.0 cm³/mol. The monoisotopic (exact) mass is 353 g/mol. The van der Waals surface area contributed by atoms with Gasteiger partial charge in [-0.1, -0.05) is 30.0 Å². The van der Waals surface area contributed by atoms with Gasteiger partial charge >= 0.3 is 0 Å². The molecule has 6 heteroatoms. The van der Waals surface area contributed by atoms with E-state index in [1.807, 2.05) is 18.2 Å². The molecule has 4 nitrogen and oxygen atoms in total. The second-order valence-corrected chi connectivity index (χ2v) is 6.13. The molecule has 2 rings (SSSR count). The van der Waals surface area contributed by atoms with Crippen LogP contribution in [0.1, 0.15) is 18.6 Å². The molecule has 0 heterocycles. The van der Waals surface area contributed by atoms with Crippen molar-refractivity contribution in [2.75, 3.05) is 0 Å². The standard InChI is InChI=1S/C14H12BrNO3S/c1-9(17)10-6-7-13(11(15)8-10)20-14-5-3-2-4-12(14)16(18)19/h2-9,17H,1H3/t9-/m1/s1. The van der Waals surface area contributed by atoms with Gasteiger partial charge in [-0.3, -0.25) is 10.1 Å². The van der Waals surface area contributed by atoms with Crippen molar-refractivity contribution in [3.63, 3.8) is 0 Å². The summed E-state index contributed by atoms with van der Waals surface area (Å²) >= 11 is 4.75. The van der Waals surface area contributed by atoms with Crippen molar-refractivity contribution in [3.8, 4) is 0 Å². The fourth-order valence-corrected chi connectivity index (χ4v) is 3.23. The van der Waals surface area contributed by atoms with Gasteiger partial charge in [-0.15, -0.1) is 0 Å². The Bertz CT molecular complexity index is 646. The molecule has 0 amide bonds. The zero-order valence-electron chi connectivity index (χ0n) is 10.6. The number of benzene rings is 2.